The molecule has 0 spiro atoms. The molecule has 2 aliphatic rings. The van der Waals surface area contributed by atoms with Crippen LogP contribution in [0.2, 0.25) is 0 Å². The van der Waals surface area contributed by atoms with Crippen LogP contribution in [0.15, 0.2) is 52.3 Å². The molecule has 10 heteroatoms. The third kappa shape index (κ3) is 4.72. The molecule has 1 heterocycles. The maximum atomic E-state index is 13.4. The van der Waals surface area contributed by atoms with E-state index >= 15 is 0 Å². The quantitative estimate of drug-likeness (QED) is 0.631. The average molecular weight is 481 g/mol. The summed E-state index contributed by atoms with van der Waals surface area (Å²) >= 11 is 0. The van der Waals surface area contributed by atoms with Gasteiger partial charge in [0.25, 0.3) is 0 Å². The molecule has 1 aliphatic heterocycles. The minimum Gasteiger partial charge on any atom is -0.340 e. The van der Waals surface area contributed by atoms with Crippen molar-refractivity contribution >= 4 is 25.8 Å². The summed E-state index contributed by atoms with van der Waals surface area (Å²) in [6, 6.07) is 10.00. The van der Waals surface area contributed by atoms with E-state index in [1.165, 1.54) is 33.0 Å². The Balaban J connectivity index is 1.34. The fourth-order valence-electron chi connectivity index (χ4n) is 4.19. The van der Waals surface area contributed by atoms with Gasteiger partial charge in [-0.3, -0.25) is 4.79 Å². The number of nitrogens with zero attached hydrogens (tertiary/aromatic N) is 2. The molecule has 0 N–H and O–H groups in total. The van der Waals surface area contributed by atoms with Gasteiger partial charge in [-0.2, -0.15) is 4.31 Å². The Bertz CT molecular complexity index is 1240. The summed E-state index contributed by atoms with van der Waals surface area (Å²) < 4.78 is 65.4. The molecule has 172 valence electrons. The summed E-state index contributed by atoms with van der Waals surface area (Å²) in [7, 11) is -7.43. The fourth-order valence-corrected chi connectivity index (χ4v) is 6.92. The van der Waals surface area contributed by atoms with Crippen molar-refractivity contribution in [2.75, 3.05) is 31.9 Å². The number of piperazine rings is 1. The molecule has 0 saturated carbocycles. The zero-order chi connectivity index (χ0) is 22.9. The van der Waals surface area contributed by atoms with Crippen LogP contribution < -0.4 is 0 Å². The molecule has 0 bridgehead atoms. The van der Waals surface area contributed by atoms with Crippen molar-refractivity contribution in [2.24, 2.45) is 0 Å². The van der Waals surface area contributed by atoms with E-state index < -0.39 is 25.7 Å². The molecule has 1 fully saturated rings. The van der Waals surface area contributed by atoms with Crippen LogP contribution in [0.1, 0.15) is 24.0 Å². The van der Waals surface area contributed by atoms with E-state index in [1.54, 1.807) is 12.1 Å². The number of carbonyl (C=O) groups excluding carboxylic acids is 1. The van der Waals surface area contributed by atoms with Crippen molar-refractivity contribution in [2.45, 2.75) is 35.5 Å². The zero-order valence-electron chi connectivity index (χ0n) is 17.5. The lowest BCUT2D eigenvalue weighted by Gasteiger charge is -2.34. The summed E-state index contributed by atoms with van der Waals surface area (Å²) in [6.07, 6.45) is 2.71. The van der Waals surface area contributed by atoms with Crippen LogP contribution in [0.3, 0.4) is 0 Å². The van der Waals surface area contributed by atoms with E-state index in [4.69, 9.17) is 0 Å². The first-order chi connectivity index (χ1) is 15.2. The van der Waals surface area contributed by atoms with E-state index in [9.17, 15) is 26.0 Å². The Morgan fingerprint density at radius 3 is 2.31 bits per heavy atom. The molecule has 0 radical (unpaired) electrons. The van der Waals surface area contributed by atoms with Crippen molar-refractivity contribution < 1.29 is 26.0 Å². The Labute approximate surface area is 187 Å². The highest BCUT2D eigenvalue weighted by Gasteiger charge is 2.31. The molecule has 4 rings (SSSR count). The van der Waals surface area contributed by atoms with Crippen LogP contribution in [-0.4, -0.2) is 63.9 Å². The normalized spacial score (nSPS) is 17.3. The maximum absolute atomic E-state index is 13.4. The number of amides is 1. The van der Waals surface area contributed by atoms with Crippen LogP contribution in [0.4, 0.5) is 4.39 Å². The van der Waals surface area contributed by atoms with Gasteiger partial charge in [-0.25, -0.2) is 21.2 Å². The number of carbonyl (C=O) groups is 1. The van der Waals surface area contributed by atoms with Gasteiger partial charge < -0.3 is 4.90 Å². The molecule has 1 amide bonds. The number of aryl methyl sites for hydroxylation is 2. The summed E-state index contributed by atoms with van der Waals surface area (Å²) in [5, 5.41) is 0. The topological polar surface area (TPSA) is 91.8 Å². The van der Waals surface area contributed by atoms with Crippen LogP contribution in [0, 0.1) is 5.82 Å². The summed E-state index contributed by atoms with van der Waals surface area (Å²) in [6.45, 7) is 0.461. The molecular weight excluding hydrogens is 455 g/mol. The van der Waals surface area contributed by atoms with Gasteiger partial charge in [0, 0.05) is 32.6 Å². The van der Waals surface area contributed by atoms with Gasteiger partial charge in [0.1, 0.15) is 5.82 Å². The van der Waals surface area contributed by atoms with Gasteiger partial charge in [-0.1, -0.05) is 12.1 Å². The number of hydrogen-bond acceptors (Lipinski definition) is 5. The minimum atomic E-state index is -3.85. The molecule has 0 atom stereocenters. The molecule has 2 aromatic carbocycles. The monoisotopic (exact) mass is 480 g/mol. The van der Waals surface area contributed by atoms with E-state index in [2.05, 4.69) is 0 Å². The van der Waals surface area contributed by atoms with Crippen molar-refractivity contribution in [1.82, 2.24) is 9.21 Å². The molecule has 7 nitrogen and oxygen atoms in total. The molecule has 1 aliphatic carbocycles. The second-order valence-corrected chi connectivity index (χ2v) is 12.1. The third-order valence-corrected chi connectivity index (χ3v) is 9.65. The number of sulfonamides is 1. The highest BCUT2D eigenvalue weighted by Crippen LogP contribution is 2.25. The number of benzene rings is 2. The van der Waals surface area contributed by atoms with Crippen LogP contribution >= 0.6 is 0 Å². The van der Waals surface area contributed by atoms with Gasteiger partial charge in [0.15, 0.2) is 9.84 Å². The standard InChI is InChI=1S/C22H25FN2O5S2/c23-19-5-2-6-21(16-19)32(29,30)25-12-10-24(11-13-25)22(26)9-14-31(27,28)20-8-7-17-3-1-4-18(17)15-20/h2,5-8,15-16H,1,3-4,9-14H2. The van der Waals surface area contributed by atoms with Crippen molar-refractivity contribution in [3.8, 4) is 0 Å². The smallest absolute Gasteiger partial charge is 0.243 e. The molecular formula is C22H25FN2O5S2. The SMILES string of the molecule is O=C(CCS(=O)(=O)c1ccc2c(c1)CCC2)N1CCN(S(=O)(=O)c2cccc(F)c2)CC1. The molecule has 1 saturated heterocycles. The number of hydrogen-bond donors (Lipinski definition) is 0. The first kappa shape index (κ1) is 22.9. The number of fused-ring (bicyclic) bond motifs is 1. The largest absolute Gasteiger partial charge is 0.340 e. The second-order valence-electron chi connectivity index (χ2n) is 8.10. The molecule has 0 aromatic heterocycles. The zero-order valence-corrected chi connectivity index (χ0v) is 19.2. The third-order valence-electron chi connectivity index (χ3n) is 6.04. The van der Waals surface area contributed by atoms with Crippen molar-refractivity contribution in [3.05, 3.63) is 59.4 Å². The van der Waals surface area contributed by atoms with Gasteiger partial charge in [-0.05, 0) is 60.7 Å². The summed E-state index contributed by atoms with van der Waals surface area (Å²) in [5.74, 6) is -1.24. The lowest BCUT2D eigenvalue weighted by atomic mass is 10.1. The minimum absolute atomic E-state index is 0.0716. The van der Waals surface area contributed by atoms with Gasteiger partial charge >= 0.3 is 0 Å². The maximum Gasteiger partial charge on any atom is 0.243 e. The predicted octanol–water partition coefficient (Wildman–Crippen LogP) is 2.01. The number of halogens is 1. The van der Waals surface area contributed by atoms with Crippen molar-refractivity contribution in [3.63, 3.8) is 0 Å². The van der Waals surface area contributed by atoms with Crippen LogP contribution in [0.5, 0.6) is 0 Å². The molecule has 0 unspecified atom stereocenters. The summed E-state index contributed by atoms with van der Waals surface area (Å²) in [5.41, 5.74) is 2.25. The highest BCUT2D eigenvalue weighted by atomic mass is 32.2. The lowest BCUT2D eigenvalue weighted by molar-refractivity contribution is -0.131. The van der Waals surface area contributed by atoms with Gasteiger partial charge in [-0.15, -0.1) is 0 Å². The lowest BCUT2D eigenvalue weighted by Crippen LogP contribution is -2.50. The first-order valence-corrected chi connectivity index (χ1v) is 13.6. The molecule has 32 heavy (non-hydrogen) atoms. The first-order valence-electron chi connectivity index (χ1n) is 10.5. The van der Waals surface area contributed by atoms with Gasteiger partial charge in [0.2, 0.25) is 15.9 Å². The van der Waals surface area contributed by atoms with E-state index in [0.29, 0.717) is 0 Å². The van der Waals surface area contributed by atoms with E-state index in [-0.39, 0.29) is 54.1 Å². The summed E-state index contributed by atoms with van der Waals surface area (Å²) in [4.78, 5) is 14.2. The van der Waals surface area contributed by atoms with Crippen molar-refractivity contribution in [1.29, 1.82) is 0 Å². The Morgan fingerprint density at radius 2 is 1.59 bits per heavy atom. The molecule has 2 aromatic rings. The second kappa shape index (κ2) is 8.92. The number of rotatable bonds is 6. The fraction of sp³-hybridized carbons (Fsp3) is 0.409. The predicted molar refractivity (Wildman–Crippen MR) is 117 cm³/mol. The van der Waals surface area contributed by atoms with E-state index in [1.807, 2.05) is 6.07 Å². The Morgan fingerprint density at radius 1 is 0.875 bits per heavy atom. The Hall–Kier alpha value is -2.30. The number of sulfone groups is 1. The van der Waals surface area contributed by atoms with Gasteiger partial charge in [0.05, 0.1) is 15.5 Å². The average Bonchev–Trinajstić information content (AvgIpc) is 3.25. The Kier molecular flexibility index (Phi) is 6.37. The van der Waals surface area contributed by atoms with Crippen LogP contribution in [0.25, 0.3) is 0 Å². The van der Waals surface area contributed by atoms with E-state index in [0.717, 1.165) is 30.9 Å². The van der Waals surface area contributed by atoms with Crippen LogP contribution in [-0.2, 0) is 37.5 Å². The highest BCUT2D eigenvalue weighted by molar-refractivity contribution is 7.91.